The highest BCUT2D eigenvalue weighted by Crippen LogP contribution is 2.26. The summed E-state index contributed by atoms with van der Waals surface area (Å²) in [4.78, 5) is 13.2. The molecule has 0 spiro atoms. The van der Waals surface area contributed by atoms with Crippen LogP contribution >= 0.6 is 0 Å². The van der Waals surface area contributed by atoms with Crippen LogP contribution in [-0.2, 0) is 14.8 Å². The Hall–Kier alpha value is -2.18. The number of hydrogen-bond acceptors (Lipinski definition) is 3. The van der Waals surface area contributed by atoms with Crippen LogP contribution in [0.1, 0.15) is 44.7 Å². The van der Waals surface area contributed by atoms with E-state index in [4.69, 9.17) is 0 Å². The van der Waals surface area contributed by atoms with Gasteiger partial charge in [-0.1, -0.05) is 62.4 Å². The molecule has 1 heterocycles. The zero-order chi connectivity index (χ0) is 20.9. The van der Waals surface area contributed by atoms with Gasteiger partial charge in [-0.2, -0.15) is 4.31 Å². The Balaban J connectivity index is 1.62. The van der Waals surface area contributed by atoms with E-state index in [1.165, 1.54) is 4.31 Å². The zero-order valence-corrected chi connectivity index (χ0v) is 17.9. The minimum Gasteiger partial charge on any atom is -0.349 e. The number of carbonyl (C=O) groups is 1. The second-order valence-electron chi connectivity index (χ2n) is 8.09. The first-order valence-corrected chi connectivity index (χ1v) is 11.7. The van der Waals surface area contributed by atoms with Crippen molar-refractivity contribution in [3.63, 3.8) is 0 Å². The fourth-order valence-corrected chi connectivity index (χ4v) is 5.32. The van der Waals surface area contributed by atoms with Crippen molar-refractivity contribution < 1.29 is 13.2 Å². The van der Waals surface area contributed by atoms with Crippen LogP contribution in [0.25, 0.3) is 0 Å². The largest absolute Gasteiger partial charge is 0.349 e. The van der Waals surface area contributed by atoms with Gasteiger partial charge in [0.2, 0.25) is 15.9 Å². The van der Waals surface area contributed by atoms with Crippen molar-refractivity contribution in [2.75, 3.05) is 13.1 Å². The van der Waals surface area contributed by atoms with E-state index in [2.05, 4.69) is 19.2 Å². The molecule has 156 valence electrons. The molecule has 2 aromatic rings. The molecule has 0 saturated carbocycles. The van der Waals surface area contributed by atoms with E-state index in [-0.39, 0.29) is 17.9 Å². The van der Waals surface area contributed by atoms with Gasteiger partial charge in [-0.3, -0.25) is 4.79 Å². The third kappa shape index (κ3) is 5.46. The zero-order valence-electron chi connectivity index (χ0n) is 17.1. The monoisotopic (exact) mass is 414 g/mol. The molecule has 1 fully saturated rings. The van der Waals surface area contributed by atoms with Crippen molar-refractivity contribution in [1.82, 2.24) is 9.62 Å². The van der Waals surface area contributed by atoms with Gasteiger partial charge in [0.05, 0.1) is 10.9 Å². The maximum atomic E-state index is 12.9. The van der Waals surface area contributed by atoms with E-state index in [1.54, 1.807) is 30.3 Å². The summed E-state index contributed by atoms with van der Waals surface area (Å²) in [6.45, 7) is 5.04. The predicted octanol–water partition coefficient (Wildman–Crippen LogP) is 3.99. The molecule has 1 atom stereocenters. The van der Waals surface area contributed by atoms with Crippen LogP contribution in [0, 0.1) is 11.8 Å². The summed E-state index contributed by atoms with van der Waals surface area (Å²) in [5.41, 5.74) is 1.11. The molecule has 0 bridgehead atoms. The van der Waals surface area contributed by atoms with Gasteiger partial charge in [0.1, 0.15) is 0 Å². The van der Waals surface area contributed by atoms with E-state index < -0.39 is 10.0 Å². The van der Waals surface area contributed by atoms with Gasteiger partial charge in [0.15, 0.2) is 0 Å². The molecule has 1 N–H and O–H groups in total. The van der Waals surface area contributed by atoms with Gasteiger partial charge in [-0.25, -0.2) is 8.42 Å². The molecule has 0 aliphatic carbocycles. The average Bonchev–Trinajstić information content (AvgIpc) is 2.74. The van der Waals surface area contributed by atoms with Crippen LogP contribution in [0.4, 0.5) is 0 Å². The lowest BCUT2D eigenvalue weighted by Gasteiger charge is -2.32. The van der Waals surface area contributed by atoms with Gasteiger partial charge >= 0.3 is 0 Å². The molecule has 0 unspecified atom stereocenters. The van der Waals surface area contributed by atoms with Crippen molar-refractivity contribution in [3.8, 4) is 0 Å². The first kappa shape index (κ1) is 21.5. The summed E-state index contributed by atoms with van der Waals surface area (Å²) in [6, 6.07) is 18.5. The van der Waals surface area contributed by atoms with Crippen molar-refractivity contribution in [2.24, 2.45) is 11.8 Å². The molecule has 1 aliphatic rings. The number of hydrogen-bond donors (Lipinski definition) is 1. The van der Waals surface area contributed by atoms with Gasteiger partial charge in [0, 0.05) is 19.0 Å². The fourth-order valence-electron chi connectivity index (χ4n) is 3.82. The molecule has 6 heteroatoms. The quantitative estimate of drug-likeness (QED) is 0.745. The summed E-state index contributed by atoms with van der Waals surface area (Å²) >= 11 is 0. The smallest absolute Gasteiger partial charge is 0.243 e. The Bertz CT molecular complexity index is 890. The van der Waals surface area contributed by atoms with Gasteiger partial charge in [-0.05, 0) is 42.9 Å². The fraction of sp³-hybridized carbons (Fsp3) is 0.435. The van der Waals surface area contributed by atoms with Crippen molar-refractivity contribution >= 4 is 15.9 Å². The molecule has 1 saturated heterocycles. The van der Waals surface area contributed by atoms with Crippen molar-refractivity contribution in [3.05, 3.63) is 66.2 Å². The second-order valence-corrected chi connectivity index (χ2v) is 10.0. The first-order valence-electron chi connectivity index (χ1n) is 10.3. The minimum absolute atomic E-state index is 0.0187. The lowest BCUT2D eigenvalue weighted by Crippen LogP contribution is -2.43. The number of piperidine rings is 1. The summed E-state index contributed by atoms with van der Waals surface area (Å²) in [5, 5.41) is 3.21. The van der Waals surface area contributed by atoms with E-state index in [9.17, 15) is 13.2 Å². The highest BCUT2D eigenvalue weighted by molar-refractivity contribution is 7.89. The number of carbonyl (C=O) groups excluding carboxylic acids is 1. The van der Waals surface area contributed by atoms with E-state index in [1.807, 2.05) is 30.3 Å². The second kappa shape index (κ2) is 9.55. The van der Waals surface area contributed by atoms with Crippen LogP contribution in [0.5, 0.6) is 0 Å². The normalized spacial score (nSPS) is 17.2. The molecule has 29 heavy (non-hydrogen) atoms. The predicted molar refractivity (Wildman–Crippen MR) is 115 cm³/mol. The van der Waals surface area contributed by atoms with Crippen LogP contribution in [0.3, 0.4) is 0 Å². The average molecular weight is 415 g/mol. The van der Waals surface area contributed by atoms with Gasteiger partial charge in [-0.15, -0.1) is 0 Å². The molecule has 2 aromatic carbocycles. The number of rotatable bonds is 7. The number of amides is 1. The van der Waals surface area contributed by atoms with Gasteiger partial charge in [0.25, 0.3) is 0 Å². The summed E-state index contributed by atoms with van der Waals surface area (Å²) < 4.78 is 27.0. The van der Waals surface area contributed by atoms with Crippen molar-refractivity contribution in [1.29, 1.82) is 0 Å². The Morgan fingerprint density at radius 2 is 1.55 bits per heavy atom. The molecule has 1 aliphatic heterocycles. The first-order chi connectivity index (χ1) is 13.9. The Kier molecular flexibility index (Phi) is 7.09. The topological polar surface area (TPSA) is 66.5 Å². The molecular formula is C23H30N2O3S. The van der Waals surface area contributed by atoms with E-state index in [0.29, 0.717) is 36.7 Å². The number of nitrogens with one attached hydrogen (secondary N) is 1. The number of sulfonamides is 1. The van der Waals surface area contributed by atoms with Gasteiger partial charge < -0.3 is 5.32 Å². The molecule has 0 aromatic heterocycles. The Morgan fingerprint density at radius 3 is 2.10 bits per heavy atom. The molecular weight excluding hydrogens is 384 g/mol. The third-order valence-electron chi connectivity index (χ3n) is 5.43. The maximum Gasteiger partial charge on any atom is 0.243 e. The summed E-state index contributed by atoms with van der Waals surface area (Å²) in [7, 11) is -3.49. The summed E-state index contributed by atoms with van der Waals surface area (Å²) in [5.74, 6) is 0.324. The SMILES string of the molecule is CC(C)C[C@H](NC(=O)C1CCN(S(=O)(=O)c2ccccc2)CC1)c1ccccc1. The third-order valence-corrected chi connectivity index (χ3v) is 7.34. The van der Waals surface area contributed by atoms with Crippen LogP contribution in [-0.4, -0.2) is 31.7 Å². The molecule has 1 amide bonds. The Labute approximate surface area is 174 Å². The number of nitrogens with zero attached hydrogens (tertiary/aromatic N) is 1. The van der Waals surface area contributed by atoms with Crippen LogP contribution in [0.2, 0.25) is 0 Å². The maximum absolute atomic E-state index is 12.9. The molecule has 0 radical (unpaired) electrons. The number of benzene rings is 2. The standard InChI is InChI=1S/C23H30N2O3S/c1-18(2)17-22(19-9-5-3-6-10-19)24-23(26)20-13-15-25(16-14-20)29(27,28)21-11-7-4-8-12-21/h3-12,18,20,22H,13-17H2,1-2H3,(H,24,26)/t22-/m0/s1. The van der Waals surface area contributed by atoms with E-state index >= 15 is 0 Å². The highest BCUT2D eigenvalue weighted by atomic mass is 32.2. The molecule has 5 nitrogen and oxygen atoms in total. The lowest BCUT2D eigenvalue weighted by molar-refractivity contribution is -0.127. The Morgan fingerprint density at radius 1 is 1.00 bits per heavy atom. The summed E-state index contributed by atoms with van der Waals surface area (Å²) in [6.07, 6.45) is 1.96. The lowest BCUT2D eigenvalue weighted by atomic mass is 9.93. The highest BCUT2D eigenvalue weighted by Gasteiger charge is 2.32. The van der Waals surface area contributed by atoms with E-state index in [0.717, 1.165) is 12.0 Å². The van der Waals surface area contributed by atoms with Crippen LogP contribution < -0.4 is 5.32 Å². The molecule has 3 rings (SSSR count). The van der Waals surface area contributed by atoms with Crippen LogP contribution in [0.15, 0.2) is 65.6 Å². The van der Waals surface area contributed by atoms with Crippen molar-refractivity contribution in [2.45, 2.75) is 44.0 Å². The minimum atomic E-state index is -3.49.